The van der Waals surface area contributed by atoms with E-state index in [4.69, 9.17) is 5.11 Å². The molecule has 0 radical (unpaired) electrons. The molecule has 0 aliphatic rings. The molecule has 2 N–H and O–H groups in total. The molecule has 20 heavy (non-hydrogen) atoms. The zero-order valence-electron chi connectivity index (χ0n) is 12.0. The van der Waals surface area contributed by atoms with Gasteiger partial charge in [-0.2, -0.15) is 11.8 Å². The molecular weight excluding hydrogens is 276 g/mol. The Morgan fingerprint density at radius 2 is 2.15 bits per heavy atom. The van der Waals surface area contributed by atoms with Crippen molar-refractivity contribution in [3.05, 3.63) is 29.1 Å². The average Bonchev–Trinajstić information content (AvgIpc) is 2.38. The summed E-state index contributed by atoms with van der Waals surface area (Å²) < 4.78 is 0. The number of nitrogens with zero attached hydrogens (tertiary/aromatic N) is 1. The normalized spacial score (nSPS) is 11.9. The van der Waals surface area contributed by atoms with Gasteiger partial charge in [0.2, 0.25) is 0 Å². The highest BCUT2D eigenvalue weighted by atomic mass is 32.2. The van der Waals surface area contributed by atoms with Gasteiger partial charge >= 0.3 is 5.97 Å². The Labute approximate surface area is 123 Å². The number of rotatable bonds is 7. The molecule has 5 nitrogen and oxygen atoms in total. The van der Waals surface area contributed by atoms with Gasteiger partial charge in [0.1, 0.15) is 5.69 Å². The van der Waals surface area contributed by atoms with Crippen LogP contribution in [0.3, 0.4) is 0 Å². The van der Waals surface area contributed by atoms with E-state index in [2.05, 4.69) is 17.2 Å². The smallest absolute Gasteiger partial charge is 0.337 e. The van der Waals surface area contributed by atoms with Crippen molar-refractivity contribution >= 4 is 23.6 Å². The first-order chi connectivity index (χ1) is 9.45. The predicted octanol–water partition coefficient (Wildman–Crippen LogP) is 2.35. The third kappa shape index (κ3) is 4.85. The van der Waals surface area contributed by atoms with Crippen LogP contribution in [-0.2, 0) is 0 Å². The Balaban J connectivity index is 2.64. The standard InChI is InChI=1S/C14H20N2O3S/c1-4-20-8-7-9(2)15-13(17)12-6-5-11(14(18)19)10(3)16-12/h5-6,9H,4,7-8H2,1-3H3,(H,15,17)(H,18,19). The van der Waals surface area contributed by atoms with E-state index >= 15 is 0 Å². The molecule has 0 spiro atoms. The van der Waals surface area contributed by atoms with Gasteiger partial charge in [0.25, 0.3) is 5.91 Å². The number of aromatic carboxylic acids is 1. The maximum atomic E-state index is 12.0. The van der Waals surface area contributed by atoms with Gasteiger partial charge in [0.15, 0.2) is 0 Å². The number of pyridine rings is 1. The van der Waals surface area contributed by atoms with Crippen LogP contribution < -0.4 is 5.32 Å². The molecule has 1 aromatic heterocycles. The maximum absolute atomic E-state index is 12.0. The van der Waals surface area contributed by atoms with Crippen molar-refractivity contribution in [2.24, 2.45) is 0 Å². The van der Waals surface area contributed by atoms with Crippen molar-refractivity contribution in [3.8, 4) is 0 Å². The number of amides is 1. The number of aromatic nitrogens is 1. The fraction of sp³-hybridized carbons (Fsp3) is 0.500. The zero-order valence-corrected chi connectivity index (χ0v) is 12.8. The number of carboxylic acids is 1. The van der Waals surface area contributed by atoms with Gasteiger partial charge in [0.05, 0.1) is 11.3 Å². The SMILES string of the molecule is CCSCCC(C)NC(=O)c1ccc(C(=O)O)c(C)n1. The van der Waals surface area contributed by atoms with E-state index in [0.717, 1.165) is 17.9 Å². The number of aryl methyl sites for hydroxylation is 1. The summed E-state index contributed by atoms with van der Waals surface area (Å²) in [7, 11) is 0. The van der Waals surface area contributed by atoms with Gasteiger partial charge in [-0.3, -0.25) is 4.79 Å². The van der Waals surface area contributed by atoms with Gasteiger partial charge in [-0.05, 0) is 43.9 Å². The van der Waals surface area contributed by atoms with E-state index in [1.807, 2.05) is 18.7 Å². The lowest BCUT2D eigenvalue weighted by Gasteiger charge is -2.13. The lowest BCUT2D eigenvalue weighted by molar-refractivity contribution is 0.0694. The second kappa shape index (κ2) is 7.89. The van der Waals surface area contributed by atoms with Crippen molar-refractivity contribution in [2.45, 2.75) is 33.2 Å². The number of carbonyl (C=O) groups is 2. The minimum atomic E-state index is -1.04. The molecule has 1 aromatic rings. The molecule has 0 saturated heterocycles. The highest BCUT2D eigenvalue weighted by molar-refractivity contribution is 7.99. The predicted molar refractivity (Wildman–Crippen MR) is 80.5 cm³/mol. The van der Waals surface area contributed by atoms with Crippen molar-refractivity contribution in [1.29, 1.82) is 0 Å². The number of thioether (sulfide) groups is 1. The van der Waals surface area contributed by atoms with Gasteiger partial charge in [-0.15, -0.1) is 0 Å². The highest BCUT2D eigenvalue weighted by Gasteiger charge is 2.14. The average molecular weight is 296 g/mol. The number of hydrogen-bond acceptors (Lipinski definition) is 4. The Morgan fingerprint density at radius 3 is 2.70 bits per heavy atom. The summed E-state index contributed by atoms with van der Waals surface area (Å²) in [5.74, 6) is 0.770. The van der Waals surface area contributed by atoms with E-state index in [0.29, 0.717) is 5.69 Å². The van der Waals surface area contributed by atoms with Crippen LogP contribution in [0.4, 0.5) is 0 Å². The summed E-state index contributed by atoms with van der Waals surface area (Å²) in [6.45, 7) is 5.64. The van der Waals surface area contributed by atoms with Gasteiger partial charge < -0.3 is 10.4 Å². The monoisotopic (exact) mass is 296 g/mol. The summed E-state index contributed by atoms with van der Waals surface area (Å²) in [6.07, 6.45) is 0.899. The molecule has 0 fully saturated rings. The molecule has 0 aromatic carbocycles. The molecular formula is C14H20N2O3S. The number of nitrogens with one attached hydrogen (secondary N) is 1. The molecule has 1 rings (SSSR count). The topological polar surface area (TPSA) is 79.3 Å². The molecule has 1 amide bonds. The minimum Gasteiger partial charge on any atom is -0.478 e. The summed E-state index contributed by atoms with van der Waals surface area (Å²) in [5, 5.41) is 11.8. The Bertz CT molecular complexity index is 491. The molecule has 6 heteroatoms. The second-order valence-corrected chi connectivity index (χ2v) is 5.89. The van der Waals surface area contributed by atoms with E-state index < -0.39 is 5.97 Å². The van der Waals surface area contributed by atoms with Crippen molar-refractivity contribution in [2.75, 3.05) is 11.5 Å². The van der Waals surface area contributed by atoms with Crippen molar-refractivity contribution < 1.29 is 14.7 Å². The molecule has 1 unspecified atom stereocenters. The largest absolute Gasteiger partial charge is 0.478 e. The number of hydrogen-bond donors (Lipinski definition) is 2. The fourth-order valence-corrected chi connectivity index (χ4v) is 2.50. The molecule has 0 saturated carbocycles. The summed E-state index contributed by atoms with van der Waals surface area (Å²) in [6, 6.07) is 2.93. The van der Waals surface area contributed by atoms with E-state index in [9.17, 15) is 9.59 Å². The first-order valence-electron chi connectivity index (χ1n) is 6.55. The van der Waals surface area contributed by atoms with Crippen molar-refractivity contribution in [3.63, 3.8) is 0 Å². The van der Waals surface area contributed by atoms with Crippen LogP contribution in [0.5, 0.6) is 0 Å². The van der Waals surface area contributed by atoms with E-state index in [1.54, 1.807) is 6.92 Å². The quantitative estimate of drug-likeness (QED) is 0.755. The van der Waals surface area contributed by atoms with Crippen LogP contribution in [0, 0.1) is 6.92 Å². The summed E-state index contributed by atoms with van der Waals surface area (Å²) >= 11 is 1.83. The highest BCUT2D eigenvalue weighted by Crippen LogP contribution is 2.08. The summed E-state index contributed by atoms with van der Waals surface area (Å²) in [4.78, 5) is 26.9. The van der Waals surface area contributed by atoms with Crippen LogP contribution in [0.15, 0.2) is 12.1 Å². The van der Waals surface area contributed by atoms with Crippen LogP contribution in [0.25, 0.3) is 0 Å². The Kier molecular flexibility index (Phi) is 6.51. The molecule has 1 atom stereocenters. The van der Waals surface area contributed by atoms with Crippen LogP contribution in [0.2, 0.25) is 0 Å². The Hall–Kier alpha value is -1.56. The van der Waals surface area contributed by atoms with Crippen LogP contribution in [-0.4, -0.2) is 39.5 Å². The molecule has 1 heterocycles. The molecule has 110 valence electrons. The third-order valence-corrected chi connectivity index (χ3v) is 3.76. The van der Waals surface area contributed by atoms with Gasteiger partial charge in [0, 0.05) is 6.04 Å². The molecule has 0 bridgehead atoms. The van der Waals surface area contributed by atoms with Crippen molar-refractivity contribution in [1.82, 2.24) is 10.3 Å². The molecule has 0 aliphatic heterocycles. The van der Waals surface area contributed by atoms with Crippen LogP contribution >= 0.6 is 11.8 Å². The lowest BCUT2D eigenvalue weighted by atomic mass is 10.1. The second-order valence-electron chi connectivity index (χ2n) is 4.49. The maximum Gasteiger partial charge on any atom is 0.337 e. The lowest BCUT2D eigenvalue weighted by Crippen LogP contribution is -2.33. The van der Waals surface area contributed by atoms with E-state index in [-0.39, 0.29) is 23.2 Å². The number of carbonyl (C=O) groups excluding carboxylic acids is 1. The zero-order chi connectivity index (χ0) is 15.1. The van der Waals surface area contributed by atoms with Crippen LogP contribution in [0.1, 0.15) is 46.8 Å². The number of carboxylic acid groups (broad SMARTS) is 1. The van der Waals surface area contributed by atoms with Gasteiger partial charge in [-0.25, -0.2) is 9.78 Å². The Morgan fingerprint density at radius 1 is 1.45 bits per heavy atom. The van der Waals surface area contributed by atoms with Gasteiger partial charge in [-0.1, -0.05) is 6.92 Å². The minimum absolute atomic E-state index is 0.0720. The molecule has 0 aliphatic carbocycles. The first kappa shape index (κ1) is 16.5. The third-order valence-electron chi connectivity index (χ3n) is 2.83. The fourth-order valence-electron chi connectivity index (χ4n) is 1.69. The van der Waals surface area contributed by atoms with E-state index in [1.165, 1.54) is 12.1 Å². The first-order valence-corrected chi connectivity index (χ1v) is 7.70. The summed E-state index contributed by atoms with van der Waals surface area (Å²) in [5.41, 5.74) is 0.718.